The van der Waals surface area contributed by atoms with Crippen molar-refractivity contribution in [1.82, 2.24) is 4.98 Å². The van der Waals surface area contributed by atoms with Gasteiger partial charge >= 0.3 is 0 Å². The quantitative estimate of drug-likeness (QED) is 0.441. The fourth-order valence-corrected chi connectivity index (χ4v) is 4.44. The summed E-state index contributed by atoms with van der Waals surface area (Å²) >= 11 is 9.00. The molecule has 6 heteroatoms. The molecule has 0 bridgehead atoms. The van der Waals surface area contributed by atoms with Gasteiger partial charge in [0.05, 0.1) is 21.6 Å². The molecule has 3 nitrogen and oxygen atoms in total. The normalized spacial score (nSPS) is 10.9. The molecule has 0 fully saturated rings. The average molecular weight is 385 g/mol. The van der Waals surface area contributed by atoms with E-state index >= 15 is 0 Å². The Kier molecular flexibility index (Phi) is 4.53. The maximum atomic E-state index is 13.0. The van der Waals surface area contributed by atoms with Crippen molar-refractivity contribution in [2.24, 2.45) is 0 Å². The summed E-state index contributed by atoms with van der Waals surface area (Å²) in [5.74, 6) is -0.0380. The molecule has 0 radical (unpaired) electrons. The zero-order valence-electron chi connectivity index (χ0n) is 13.1. The second-order valence-corrected chi connectivity index (χ2v) is 7.86. The predicted molar refractivity (Wildman–Crippen MR) is 106 cm³/mol. The monoisotopic (exact) mass is 384 g/mol. The second-order valence-electron chi connectivity index (χ2n) is 5.46. The Bertz CT molecular complexity index is 1010. The van der Waals surface area contributed by atoms with Crippen LogP contribution in [0.4, 0.5) is 5.13 Å². The molecule has 0 saturated carbocycles. The van der Waals surface area contributed by atoms with Gasteiger partial charge in [-0.25, -0.2) is 4.98 Å². The van der Waals surface area contributed by atoms with Crippen LogP contribution in [0.5, 0.6) is 0 Å². The van der Waals surface area contributed by atoms with E-state index in [2.05, 4.69) is 4.98 Å². The molecule has 0 N–H and O–H groups in total. The number of fused-ring (bicyclic) bond motifs is 1. The molecular weight excluding hydrogens is 372 g/mol. The molecule has 1 amide bonds. The minimum absolute atomic E-state index is 0.0380. The fraction of sp³-hybridized carbons (Fsp3) is 0.0526. The number of carbonyl (C=O) groups is 1. The summed E-state index contributed by atoms with van der Waals surface area (Å²) < 4.78 is 0.972. The first-order chi connectivity index (χ1) is 12.2. The summed E-state index contributed by atoms with van der Waals surface area (Å²) in [6.07, 6.45) is 0. The minimum atomic E-state index is -0.0380. The van der Waals surface area contributed by atoms with Crippen LogP contribution in [0.25, 0.3) is 10.2 Å². The Labute approximate surface area is 158 Å². The van der Waals surface area contributed by atoms with Gasteiger partial charge in [0.25, 0.3) is 5.91 Å². The second kappa shape index (κ2) is 6.96. The van der Waals surface area contributed by atoms with E-state index < -0.39 is 0 Å². The number of thiophene rings is 1. The van der Waals surface area contributed by atoms with Gasteiger partial charge in [0.1, 0.15) is 0 Å². The van der Waals surface area contributed by atoms with Crippen LogP contribution in [0.1, 0.15) is 15.2 Å². The number of halogens is 1. The van der Waals surface area contributed by atoms with Crippen LogP contribution in [0.2, 0.25) is 5.02 Å². The van der Waals surface area contributed by atoms with E-state index in [1.54, 1.807) is 4.90 Å². The first kappa shape index (κ1) is 16.3. The first-order valence-electron chi connectivity index (χ1n) is 7.66. The van der Waals surface area contributed by atoms with Crippen molar-refractivity contribution < 1.29 is 4.79 Å². The number of hydrogen-bond donors (Lipinski definition) is 0. The van der Waals surface area contributed by atoms with Gasteiger partial charge in [-0.05, 0) is 35.2 Å². The van der Waals surface area contributed by atoms with E-state index in [0.717, 1.165) is 15.8 Å². The third-order valence-electron chi connectivity index (χ3n) is 3.73. The highest BCUT2D eigenvalue weighted by Crippen LogP contribution is 2.32. The topological polar surface area (TPSA) is 33.2 Å². The molecular formula is C19H13ClN2OS2. The molecule has 0 aliphatic rings. The molecule has 4 aromatic rings. The maximum absolute atomic E-state index is 13.0. The van der Waals surface area contributed by atoms with Crippen molar-refractivity contribution in [3.05, 3.63) is 81.5 Å². The number of thiazole rings is 1. The number of amides is 1. The van der Waals surface area contributed by atoms with E-state index in [0.29, 0.717) is 21.6 Å². The SMILES string of the molecule is O=C(c1cccs1)N(Cc1ccccc1)c1nc2ccc(Cl)cc2s1. The van der Waals surface area contributed by atoms with Crippen molar-refractivity contribution in [2.45, 2.75) is 6.54 Å². The lowest BCUT2D eigenvalue weighted by Crippen LogP contribution is -2.29. The zero-order chi connectivity index (χ0) is 17.2. The van der Waals surface area contributed by atoms with Gasteiger partial charge in [-0.3, -0.25) is 9.69 Å². The molecule has 124 valence electrons. The number of aromatic nitrogens is 1. The van der Waals surface area contributed by atoms with E-state index in [9.17, 15) is 4.79 Å². The fourth-order valence-electron chi connectivity index (χ4n) is 2.53. The molecule has 0 atom stereocenters. The van der Waals surface area contributed by atoms with E-state index in [1.165, 1.54) is 22.7 Å². The number of anilines is 1. The highest BCUT2D eigenvalue weighted by Gasteiger charge is 2.22. The lowest BCUT2D eigenvalue weighted by Gasteiger charge is -2.19. The summed E-state index contributed by atoms with van der Waals surface area (Å²) in [4.78, 5) is 20.1. The smallest absolute Gasteiger partial charge is 0.270 e. The molecule has 2 aromatic heterocycles. The molecule has 4 rings (SSSR count). The molecule has 2 heterocycles. The lowest BCUT2D eigenvalue weighted by molar-refractivity contribution is 0.0989. The Morgan fingerprint density at radius 3 is 2.68 bits per heavy atom. The van der Waals surface area contributed by atoms with Crippen molar-refractivity contribution in [2.75, 3.05) is 4.90 Å². The standard InChI is InChI=1S/C19H13ClN2OS2/c20-14-8-9-15-17(11-14)25-19(21-15)22(12-13-5-2-1-3-6-13)18(23)16-7-4-10-24-16/h1-11H,12H2. The van der Waals surface area contributed by atoms with Crippen LogP contribution in [0, 0.1) is 0 Å². The van der Waals surface area contributed by atoms with Crippen LogP contribution < -0.4 is 4.90 Å². The molecule has 0 saturated heterocycles. The van der Waals surface area contributed by atoms with Gasteiger partial charge in [-0.15, -0.1) is 11.3 Å². The third kappa shape index (κ3) is 3.44. The molecule has 2 aromatic carbocycles. The number of nitrogens with zero attached hydrogens (tertiary/aromatic N) is 2. The summed E-state index contributed by atoms with van der Waals surface area (Å²) in [6, 6.07) is 19.2. The van der Waals surface area contributed by atoms with Gasteiger partial charge in [0.15, 0.2) is 5.13 Å². The van der Waals surface area contributed by atoms with Crippen molar-refractivity contribution in [1.29, 1.82) is 0 Å². The number of benzene rings is 2. The van der Waals surface area contributed by atoms with Crippen molar-refractivity contribution in [3.8, 4) is 0 Å². The summed E-state index contributed by atoms with van der Waals surface area (Å²) in [5.41, 5.74) is 1.91. The van der Waals surface area contributed by atoms with Crippen LogP contribution in [0.15, 0.2) is 66.0 Å². The first-order valence-corrected chi connectivity index (χ1v) is 9.73. The van der Waals surface area contributed by atoms with Crippen LogP contribution >= 0.6 is 34.3 Å². The summed E-state index contributed by atoms with van der Waals surface area (Å²) in [6.45, 7) is 0.477. The maximum Gasteiger partial charge on any atom is 0.270 e. The predicted octanol–water partition coefficient (Wildman–Crippen LogP) is 5.86. The molecule has 25 heavy (non-hydrogen) atoms. The van der Waals surface area contributed by atoms with E-state index in [-0.39, 0.29) is 5.91 Å². The molecule has 0 aliphatic heterocycles. The third-order valence-corrected chi connectivity index (χ3v) is 5.86. The molecule has 0 unspecified atom stereocenters. The van der Waals surface area contributed by atoms with Gasteiger partial charge in [-0.1, -0.05) is 59.3 Å². The molecule has 0 aliphatic carbocycles. The highest BCUT2D eigenvalue weighted by atomic mass is 35.5. The van der Waals surface area contributed by atoms with Gasteiger partial charge in [0, 0.05) is 5.02 Å². The Morgan fingerprint density at radius 2 is 1.92 bits per heavy atom. The van der Waals surface area contributed by atoms with E-state index in [1.807, 2.05) is 66.0 Å². The van der Waals surface area contributed by atoms with Crippen molar-refractivity contribution in [3.63, 3.8) is 0 Å². The van der Waals surface area contributed by atoms with Crippen LogP contribution in [0.3, 0.4) is 0 Å². The summed E-state index contributed by atoms with van der Waals surface area (Å²) in [5, 5.41) is 3.26. The Balaban J connectivity index is 1.76. The van der Waals surface area contributed by atoms with Crippen LogP contribution in [-0.4, -0.2) is 10.9 Å². The molecule has 0 spiro atoms. The minimum Gasteiger partial charge on any atom is -0.279 e. The van der Waals surface area contributed by atoms with Gasteiger partial charge in [-0.2, -0.15) is 0 Å². The van der Waals surface area contributed by atoms with Gasteiger partial charge < -0.3 is 0 Å². The van der Waals surface area contributed by atoms with Gasteiger partial charge in [0.2, 0.25) is 0 Å². The summed E-state index contributed by atoms with van der Waals surface area (Å²) in [7, 11) is 0. The lowest BCUT2D eigenvalue weighted by atomic mass is 10.2. The average Bonchev–Trinajstić information content (AvgIpc) is 3.29. The van der Waals surface area contributed by atoms with Crippen molar-refractivity contribution >= 4 is 55.5 Å². The zero-order valence-corrected chi connectivity index (χ0v) is 15.4. The number of rotatable bonds is 4. The van der Waals surface area contributed by atoms with Crippen LogP contribution in [-0.2, 0) is 6.54 Å². The van der Waals surface area contributed by atoms with E-state index in [4.69, 9.17) is 11.6 Å². The highest BCUT2D eigenvalue weighted by molar-refractivity contribution is 7.22. The number of hydrogen-bond acceptors (Lipinski definition) is 4. The largest absolute Gasteiger partial charge is 0.279 e. The number of carbonyl (C=O) groups excluding carboxylic acids is 1. The Morgan fingerprint density at radius 1 is 1.08 bits per heavy atom. The Hall–Kier alpha value is -2.21.